The Balaban J connectivity index is 1.10. The Morgan fingerprint density at radius 2 is 1.85 bits per heavy atom. The summed E-state index contributed by atoms with van der Waals surface area (Å²) in [6.45, 7) is 12.1. The van der Waals surface area contributed by atoms with Crippen molar-refractivity contribution < 1.29 is 18.7 Å². The number of fused-ring (bicyclic) bond motifs is 5. The highest BCUT2D eigenvalue weighted by Gasteiger charge is 2.59. The molecule has 0 radical (unpaired) electrons. The molecule has 0 amide bonds. The van der Waals surface area contributed by atoms with Gasteiger partial charge in [0.2, 0.25) is 0 Å². The van der Waals surface area contributed by atoms with Crippen LogP contribution in [0, 0.1) is 46.2 Å². The molecule has 5 unspecified atom stereocenters. The largest absolute Gasteiger partial charge is 0.391 e. The van der Waals surface area contributed by atoms with Crippen LogP contribution in [0.15, 0.2) is 53.2 Å². The van der Waals surface area contributed by atoms with Crippen molar-refractivity contribution in [3.63, 3.8) is 0 Å². The SMILES string of the molecule is CC[C@H]1OC(OC2CC[C@@]3(C)C(=CCC4C3CC[C@@]3(C)C4CC[C@@H]3/C(C)=N/OCc3ccc(F)cc3)C2)C=C[C@@H]1C. The molecule has 3 fully saturated rings. The molecule has 1 heterocycles. The van der Waals surface area contributed by atoms with Crippen molar-refractivity contribution >= 4 is 5.71 Å². The lowest BCUT2D eigenvalue weighted by Gasteiger charge is -2.58. The van der Waals surface area contributed by atoms with E-state index >= 15 is 0 Å². The molecule has 0 saturated heterocycles. The molecule has 224 valence electrons. The second-order valence-electron chi connectivity index (χ2n) is 14.3. The quantitative estimate of drug-likeness (QED) is 0.189. The molecule has 1 aromatic rings. The van der Waals surface area contributed by atoms with Crippen molar-refractivity contribution in [1.29, 1.82) is 0 Å². The fraction of sp³-hybridized carbons (Fsp3) is 0.694. The number of halogens is 1. The van der Waals surface area contributed by atoms with Crippen LogP contribution in [-0.4, -0.2) is 24.2 Å². The van der Waals surface area contributed by atoms with E-state index in [1.54, 1.807) is 17.7 Å². The molecule has 41 heavy (non-hydrogen) atoms. The molecule has 10 atom stereocenters. The minimum atomic E-state index is -0.222. The van der Waals surface area contributed by atoms with Gasteiger partial charge in [0.15, 0.2) is 6.29 Å². The first-order valence-electron chi connectivity index (χ1n) is 16.3. The average molecular weight is 564 g/mol. The zero-order valence-corrected chi connectivity index (χ0v) is 25.8. The predicted molar refractivity (Wildman–Crippen MR) is 162 cm³/mol. The van der Waals surface area contributed by atoms with E-state index in [4.69, 9.17) is 14.3 Å². The van der Waals surface area contributed by atoms with Crippen LogP contribution in [0.3, 0.4) is 0 Å². The van der Waals surface area contributed by atoms with Gasteiger partial charge in [-0.15, -0.1) is 0 Å². The van der Waals surface area contributed by atoms with Crippen molar-refractivity contribution in [2.75, 3.05) is 0 Å². The molecule has 5 heteroatoms. The molecule has 4 nitrogen and oxygen atoms in total. The lowest BCUT2D eigenvalue weighted by Crippen LogP contribution is -2.51. The van der Waals surface area contributed by atoms with Gasteiger partial charge in [-0.05, 0) is 117 Å². The van der Waals surface area contributed by atoms with Crippen molar-refractivity contribution in [2.45, 2.75) is 118 Å². The van der Waals surface area contributed by atoms with E-state index in [1.165, 1.54) is 50.7 Å². The topological polar surface area (TPSA) is 40.0 Å². The molecule has 6 rings (SSSR count). The molecule has 0 aromatic heterocycles. The summed E-state index contributed by atoms with van der Waals surface area (Å²) in [5.41, 5.74) is 4.31. The number of hydrogen-bond donors (Lipinski definition) is 0. The summed E-state index contributed by atoms with van der Waals surface area (Å²) in [5.74, 6) is 2.98. The predicted octanol–water partition coefficient (Wildman–Crippen LogP) is 9.01. The van der Waals surface area contributed by atoms with Gasteiger partial charge in [0, 0.05) is 11.8 Å². The minimum absolute atomic E-state index is 0.196. The summed E-state index contributed by atoms with van der Waals surface area (Å²) in [7, 11) is 0. The van der Waals surface area contributed by atoms with E-state index in [0.717, 1.165) is 48.3 Å². The van der Waals surface area contributed by atoms with E-state index in [2.05, 4.69) is 58.0 Å². The van der Waals surface area contributed by atoms with Crippen molar-refractivity contribution in [3.8, 4) is 0 Å². The first kappa shape index (κ1) is 29.1. The van der Waals surface area contributed by atoms with Crippen LogP contribution in [0.4, 0.5) is 4.39 Å². The van der Waals surface area contributed by atoms with Crippen molar-refractivity contribution in [2.24, 2.45) is 45.6 Å². The van der Waals surface area contributed by atoms with Gasteiger partial charge in [0.05, 0.1) is 17.9 Å². The normalized spacial score (nSPS) is 42.2. The third-order valence-electron chi connectivity index (χ3n) is 12.1. The molecule has 0 N–H and O–H groups in total. The molecule has 1 aromatic carbocycles. The highest BCUT2D eigenvalue weighted by Crippen LogP contribution is 2.66. The van der Waals surface area contributed by atoms with Crippen LogP contribution in [0.25, 0.3) is 0 Å². The number of rotatable bonds is 7. The number of oxime groups is 1. The monoisotopic (exact) mass is 563 g/mol. The molecule has 0 bridgehead atoms. The van der Waals surface area contributed by atoms with E-state index in [-0.39, 0.29) is 29.7 Å². The van der Waals surface area contributed by atoms with Crippen LogP contribution >= 0.6 is 0 Å². The van der Waals surface area contributed by atoms with Crippen LogP contribution in [0.2, 0.25) is 0 Å². The highest BCUT2D eigenvalue weighted by atomic mass is 19.1. The fourth-order valence-electron chi connectivity index (χ4n) is 9.75. The lowest BCUT2D eigenvalue weighted by atomic mass is 9.47. The maximum absolute atomic E-state index is 13.2. The van der Waals surface area contributed by atoms with E-state index in [1.807, 2.05) is 0 Å². The standard InChI is InChI=1S/C36H50FNO3/c1-6-33-23(2)7-16-34(41-33)40-28-17-19-35(4)26(21-28)10-13-29-31-15-14-30(36(31,5)20-18-32(29)35)24(3)38-39-22-25-8-11-27(37)12-9-25/h7-12,16,23,28-34H,6,13-15,17-22H2,1-5H3/b38-24+/t23-,28?,29?,30+,31?,32?,33+,34?,35-,36+/m0/s1. The molecular formula is C36H50FNO3. The van der Waals surface area contributed by atoms with Gasteiger partial charge >= 0.3 is 0 Å². The summed E-state index contributed by atoms with van der Waals surface area (Å²) < 4.78 is 26.0. The first-order chi connectivity index (χ1) is 19.7. The van der Waals surface area contributed by atoms with Gasteiger partial charge in [0.25, 0.3) is 0 Å². The molecule has 0 spiro atoms. The molecular weight excluding hydrogens is 513 g/mol. The summed E-state index contributed by atoms with van der Waals surface area (Å²) in [5, 5.41) is 4.60. The number of benzene rings is 1. The fourth-order valence-corrected chi connectivity index (χ4v) is 9.75. The molecule has 4 aliphatic carbocycles. The molecule has 1 aliphatic heterocycles. The Morgan fingerprint density at radius 3 is 2.63 bits per heavy atom. The number of hydrogen-bond acceptors (Lipinski definition) is 4. The van der Waals surface area contributed by atoms with Gasteiger partial charge < -0.3 is 14.3 Å². The maximum Gasteiger partial charge on any atom is 0.177 e. The van der Waals surface area contributed by atoms with Gasteiger partial charge in [-0.25, -0.2) is 4.39 Å². The smallest absolute Gasteiger partial charge is 0.177 e. The van der Waals surface area contributed by atoms with Crippen LogP contribution in [0.5, 0.6) is 0 Å². The lowest BCUT2D eigenvalue weighted by molar-refractivity contribution is -0.188. The Morgan fingerprint density at radius 1 is 1.05 bits per heavy atom. The Hall–Kier alpha value is -1.98. The second-order valence-corrected chi connectivity index (χ2v) is 14.3. The van der Waals surface area contributed by atoms with Crippen molar-refractivity contribution in [3.05, 3.63) is 59.4 Å². The van der Waals surface area contributed by atoms with Gasteiger partial charge in [0.1, 0.15) is 12.4 Å². The number of allylic oxidation sites excluding steroid dienone is 1. The maximum atomic E-state index is 13.2. The van der Waals surface area contributed by atoms with E-state index in [0.29, 0.717) is 23.9 Å². The van der Waals surface area contributed by atoms with Gasteiger partial charge in [-0.2, -0.15) is 0 Å². The summed E-state index contributed by atoms with van der Waals surface area (Å²) >= 11 is 0. The zero-order chi connectivity index (χ0) is 28.8. The van der Waals surface area contributed by atoms with Crippen molar-refractivity contribution in [1.82, 2.24) is 0 Å². The van der Waals surface area contributed by atoms with Crippen LogP contribution in [0.1, 0.15) is 98.0 Å². The van der Waals surface area contributed by atoms with E-state index < -0.39 is 0 Å². The summed E-state index contributed by atoms with van der Waals surface area (Å²) in [6, 6.07) is 6.49. The minimum Gasteiger partial charge on any atom is -0.391 e. The first-order valence-corrected chi connectivity index (χ1v) is 16.3. The summed E-state index contributed by atoms with van der Waals surface area (Å²) in [4.78, 5) is 5.76. The summed E-state index contributed by atoms with van der Waals surface area (Å²) in [6.07, 6.45) is 18.1. The van der Waals surface area contributed by atoms with Gasteiger partial charge in [-0.1, -0.05) is 62.7 Å². The average Bonchev–Trinajstić information content (AvgIpc) is 3.32. The van der Waals surface area contributed by atoms with E-state index in [9.17, 15) is 4.39 Å². The van der Waals surface area contributed by atoms with Gasteiger partial charge in [-0.3, -0.25) is 0 Å². The Kier molecular flexibility index (Phi) is 8.24. The molecule has 3 saturated carbocycles. The van der Waals surface area contributed by atoms with Crippen LogP contribution < -0.4 is 0 Å². The zero-order valence-electron chi connectivity index (χ0n) is 25.8. The number of ether oxygens (including phenoxy) is 2. The van der Waals surface area contributed by atoms with Crippen LogP contribution in [-0.2, 0) is 20.9 Å². The Labute approximate surface area is 246 Å². The second kappa shape index (κ2) is 11.6. The molecule has 5 aliphatic rings. The number of nitrogens with zero attached hydrogens (tertiary/aromatic N) is 1. The highest BCUT2D eigenvalue weighted by molar-refractivity contribution is 5.85. The third-order valence-corrected chi connectivity index (χ3v) is 12.1. The Bertz CT molecular complexity index is 1180. The third kappa shape index (κ3) is 5.46.